The number of hydrogen-bond donors (Lipinski definition) is 2. The van der Waals surface area contributed by atoms with Crippen LogP contribution in [0, 0.1) is 5.92 Å². The third-order valence-electron chi connectivity index (χ3n) is 8.46. The molecule has 9 nitrogen and oxygen atoms in total. The molecule has 0 saturated carbocycles. The molecule has 0 unspecified atom stereocenters. The van der Waals surface area contributed by atoms with E-state index in [1.807, 2.05) is 60.7 Å². The van der Waals surface area contributed by atoms with Gasteiger partial charge in [-0.3, -0.25) is 24.2 Å². The molecule has 234 valence electrons. The zero-order valence-electron chi connectivity index (χ0n) is 25.5. The molecule has 0 fully saturated rings. The van der Waals surface area contributed by atoms with Crippen molar-refractivity contribution in [2.75, 3.05) is 29.6 Å². The van der Waals surface area contributed by atoms with E-state index >= 15 is 0 Å². The molecule has 4 aromatic carbocycles. The maximum atomic E-state index is 14.2. The molecule has 2 aliphatic rings. The Hall–Kier alpha value is -5.25. The SMILES string of the molecule is C[C@H](/C=C/CC(=O)N(CCO)Cc1ccccc1)[C@@]1(O)C(=O)N(c2ccccc2)c2ccc(N3C(=O)COc4ccccc43)cc21. The first kappa shape index (κ1) is 30.8. The van der Waals surface area contributed by atoms with Crippen LogP contribution in [0.15, 0.2) is 115 Å². The maximum Gasteiger partial charge on any atom is 0.269 e. The van der Waals surface area contributed by atoms with Gasteiger partial charge in [-0.2, -0.15) is 0 Å². The Kier molecular flexibility index (Phi) is 8.70. The van der Waals surface area contributed by atoms with Crippen LogP contribution in [0.4, 0.5) is 22.7 Å². The van der Waals surface area contributed by atoms with Crippen LogP contribution in [0.1, 0.15) is 24.5 Å². The fourth-order valence-corrected chi connectivity index (χ4v) is 6.08. The smallest absolute Gasteiger partial charge is 0.269 e. The van der Waals surface area contributed by atoms with Gasteiger partial charge in [0, 0.05) is 42.4 Å². The molecule has 2 aliphatic heterocycles. The third-order valence-corrected chi connectivity index (χ3v) is 8.46. The zero-order chi connectivity index (χ0) is 32.3. The van der Waals surface area contributed by atoms with Crippen LogP contribution in [0.25, 0.3) is 0 Å². The van der Waals surface area contributed by atoms with Gasteiger partial charge in [-0.1, -0.05) is 79.7 Å². The summed E-state index contributed by atoms with van der Waals surface area (Å²) in [6.07, 6.45) is 3.36. The first-order chi connectivity index (χ1) is 22.3. The quantitative estimate of drug-likeness (QED) is 0.237. The van der Waals surface area contributed by atoms with Crippen molar-refractivity contribution in [1.82, 2.24) is 4.90 Å². The summed E-state index contributed by atoms with van der Waals surface area (Å²) in [5, 5.41) is 21.9. The van der Waals surface area contributed by atoms with Crippen molar-refractivity contribution in [3.8, 4) is 5.75 Å². The number of benzene rings is 4. The van der Waals surface area contributed by atoms with Crippen molar-refractivity contribution in [3.63, 3.8) is 0 Å². The molecule has 0 saturated heterocycles. The van der Waals surface area contributed by atoms with Crippen LogP contribution in [-0.4, -0.2) is 52.6 Å². The van der Waals surface area contributed by atoms with Gasteiger partial charge < -0.3 is 19.8 Å². The number of amides is 3. The van der Waals surface area contributed by atoms with Crippen LogP contribution in [0.3, 0.4) is 0 Å². The lowest BCUT2D eigenvalue weighted by Crippen LogP contribution is -2.43. The van der Waals surface area contributed by atoms with Crippen LogP contribution in [-0.2, 0) is 26.5 Å². The summed E-state index contributed by atoms with van der Waals surface area (Å²) in [6, 6.07) is 31.0. The molecule has 0 aliphatic carbocycles. The van der Waals surface area contributed by atoms with Gasteiger partial charge in [0.25, 0.3) is 11.8 Å². The third kappa shape index (κ3) is 5.66. The van der Waals surface area contributed by atoms with Crippen molar-refractivity contribution < 1.29 is 29.3 Å². The van der Waals surface area contributed by atoms with E-state index in [1.165, 1.54) is 9.80 Å². The predicted molar refractivity (Wildman–Crippen MR) is 175 cm³/mol. The number of anilines is 4. The lowest BCUT2D eigenvalue weighted by molar-refractivity contribution is -0.138. The van der Waals surface area contributed by atoms with Crippen molar-refractivity contribution in [3.05, 3.63) is 126 Å². The summed E-state index contributed by atoms with van der Waals surface area (Å²) in [4.78, 5) is 45.1. The van der Waals surface area contributed by atoms with Crippen LogP contribution in [0.2, 0.25) is 0 Å². The van der Waals surface area contributed by atoms with E-state index < -0.39 is 17.4 Å². The summed E-state index contributed by atoms with van der Waals surface area (Å²) in [5.41, 5.74) is 1.47. The Morgan fingerprint density at radius 2 is 1.61 bits per heavy atom. The van der Waals surface area contributed by atoms with Gasteiger partial charge >= 0.3 is 0 Å². The number of aliphatic hydroxyl groups excluding tert-OH is 1. The summed E-state index contributed by atoms with van der Waals surface area (Å²) in [5.74, 6) is -1.19. The van der Waals surface area contributed by atoms with Gasteiger partial charge in [0.15, 0.2) is 12.2 Å². The fraction of sp³-hybridized carbons (Fsp3) is 0.216. The van der Waals surface area contributed by atoms with Gasteiger partial charge in [-0.05, 0) is 48.0 Å². The molecular formula is C37H35N3O6. The van der Waals surface area contributed by atoms with Gasteiger partial charge in [0.2, 0.25) is 5.91 Å². The molecule has 0 bridgehead atoms. The van der Waals surface area contributed by atoms with Crippen molar-refractivity contribution in [1.29, 1.82) is 0 Å². The van der Waals surface area contributed by atoms with Crippen molar-refractivity contribution in [2.45, 2.75) is 25.5 Å². The normalized spacial score (nSPS) is 17.9. The molecule has 46 heavy (non-hydrogen) atoms. The number of aliphatic hydroxyl groups is 2. The first-order valence-electron chi connectivity index (χ1n) is 15.2. The molecular weight excluding hydrogens is 582 g/mol. The monoisotopic (exact) mass is 617 g/mol. The minimum absolute atomic E-state index is 0.0236. The minimum atomic E-state index is -2.00. The van der Waals surface area contributed by atoms with Crippen molar-refractivity contribution >= 4 is 40.5 Å². The van der Waals surface area contributed by atoms with Gasteiger partial charge in [-0.15, -0.1) is 0 Å². The second-order valence-corrected chi connectivity index (χ2v) is 11.4. The summed E-state index contributed by atoms with van der Waals surface area (Å²) < 4.78 is 5.62. The largest absolute Gasteiger partial charge is 0.482 e. The number of carbonyl (C=O) groups is 3. The number of nitrogens with zero attached hydrogens (tertiary/aromatic N) is 3. The van der Waals surface area contributed by atoms with E-state index in [-0.39, 0.29) is 38.0 Å². The summed E-state index contributed by atoms with van der Waals surface area (Å²) in [6.45, 7) is 1.97. The average Bonchev–Trinajstić information content (AvgIpc) is 3.31. The second kappa shape index (κ2) is 13.0. The highest BCUT2D eigenvalue weighted by molar-refractivity contribution is 6.13. The average molecular weight is 618 g/mol. The lowest BCUT2D eigenvalue weighted by atomic mass is 9.82. The maximum absolute atomic E-state index is 14.2. The Balaban J connectivity index is 1.32. The van der Waals surface area contributed by atoms with E-state index in [0.717, 1.165) is 5.56 Å². The van der Waals surface area contributed by atoms with Crippen molar-refractivity contribution in [2.24, 2.45) is 5.92 Å². The Labute approximate surface area is 267 Å². The van der Waals surface area contributed by atoms with E-state index in [0.29, 0.717) is 40.6 Å². The molecule has 0 aromatic heterocycles. The van der Waals surface area contributed by atoms with Gasteiger partial charge in [-0.25, -0.2) is 0 Å². The number of carbonyl (C=O) groups excluding carboxylic acids is 3. The number of rotatable bonds is 10. The molecule has 0 radical (unpaired) electrons. The highest BCUT2D eigenvalue weighted by Crippen LogP contribution is 2.50. The fourth-order valence-electron chi connectivity index (χ4n) is 6.08. The molecule has 0 spiro atoms. The summed E-state index contributed by atoms with van der Waals surface area (Å²) in [7, 11) is 0. The van der Waals surface area contributed by atoms with Gasteiger partial charge in [0.05, 0.1) is 18.0 Å². The highest BCUT2D eigenvalue weighted by Gasteiger charge is 2.53. The van der Waals surface area contributed by atoms with Crippen LogP contribution >= 0.6 is 0 Å². The number of para-hydroxylation sites is 3. The Bertz CT molecular complexity index is 1780. The number of hydrogen-bond acceptors (Lipinski definition) is 6. The summed E-state index contributed by atoms with van der Waals surface area (Å²) >= 11 is 0. The predicted octanol–water partition coefficient (Wildman–Crippen LogP) is 5.21. The molecule has 9 heteroatoms. The van der Waals surface area contributed by atoms with E-state index in [2.05, 4.69) is 0 Å². The zero-order valence-corrected chi connectivity index (χ0v) is 25.5. The van der Waals surface area contributed by atoms with Gasteiger partial charge in [0.1, 0.15) is 5.75 Å². The molecule has 2 atom stereocenters. The molecule has 4 aromatic rings. The molecule has 2 heterocycles. The molecule has 3 amide bonds. The number of fused-ring (bicyclic) bond motifs is 2. The van der Waals surface area contributed by atoms with E-state index in [9.17, 15) is 24.6 Å². The van der Waals surface area contributed by atoms with E-state index in [1.54, 1.807) is 66.4 Å². The lowest BCUT2D eigenvalue weighted by Gasteiger charge is -2.31. The number of ether oxygens (including phenoxy) is 1. The standard InChI is InChI=1S/C37H35N3O6/c1-26(11-10-18-34(42)38(21-22-41)24-27-12-4-2-5-13-27)37(45)30-23-29(39-32-16-8-9-17-33(32)46-25-35(39)43)19-20-31(30)40(36(37)44)28-14-6-3-7-15-28/h2-17,19-20,23,26,41,45H,18,21-22,24-25H2,1H3/b11-10+/t26-,37+/m1/s1. The van der Waals surface area contributed by atoms with Crippen LogP contribution < -0.4 is 14.5 Å². The molecule has 2 N–H and O–H groups in total. The Morgan fingerprint density at radius 1 is 0.913 bits per heavy atom. The first-order valence-corrected chi connectivity index (χ1v) is 15.2. The van der Waals surface area contributed by atoms with E-state index in [4.69, 9.17) is 4.74 Å². The second-order valence-electron chi connectivity index (χ2n) is 11.4. The van der Waals surface area contributed by atoms with Crippen LogP contribution in [0.5, 0.6) is 5.75 Å². The molecule has 6 rings (SSSR count). The Morgan fingerprint density at radius 3 is 2.35 bits per heavy atom. The highest BCUT2D eigenvalue weighted by atomic mass is 16.5. The minimum Gasteiger partial charge on any atom is -0.482 e. The topological polar surface area (TPSA) is 111 Å².